The summed E-state index contributed by atoms with van der Waals surface area (Å²) in [5.74, 6) is 0.865. The molecule has 0 saturated heterocycles. The first-order valence-corrected chi connectivity index (χ1v) is 8.15. The van der Waals surface area contributed by atoms with Crippen LogP contribution in [0.4, 0.5) is 10.1 Å². The van der Waals surface area contributed by atoms with Crippen molar-refractivity contribution >= 4 is 27.5 Å². The third-order valence-corrected chi connectivity index (χ3v) is 4.94. The van der Waals surface area contributed by atoms with Gasteiger partial charge in [0.25, 0.3) is 0 Å². The molecule has 1 aromatic carbocycles. The summed E-state index contributed by atoms with van der Waals surface area (Å²) in [6, 6.07) is 3.26. The maximum Gasteiger partial charge on any atom is 0.240 e. The number of nitrogens with two attached hydrogens (primary N) is 1. The Morgan fingerprint density at radius 1 is 1.50 bits per heavy atom. The van der Waals surface area contributed by atoms with Crippen molar-refractivity contribution in [3.8, 4) is 0 Å². The van der Waals surface area contributed by atoms with Gasteiger partial charge in [-0.2, -0.15) is 11.8 Å². The molecule has 0 spiro atoms. The van der Waals surface area contributed by atoms with Gasteiger partial charge in [0.2, 0.25) is 10.0 Å². The minimum Gasteiger partial charge on any atom is -0.396 e. The second kappa shape index (κ2) is 6.40. The summed E-state index contributed by atoms with van der Waals surface area (Å²) in [6.07, 6.45) is 0. The van der Waals surface area contributed by atoms with E-state index in [-0.39, 0.29) is 16.6 Å². The molecule has 0 bridgehead atoms. The van der Waals surface area contributed by atoms with E-state index >= 15 is 0 Å². The Morgan fingerprint density at radius 2 is 2.17 bits per heavy atom. The highest BCUT2D eigenvalue weighted by Crippen LogP contribution is 2.16. The van der Waals surface area contributed by atoms with Crippen LogP contribution in [0.5, 0.6) is 0 Å². The van der Waals surface area contributed by atoms with Gasteiger partial charge in [-0.1, -0.05) is 6.92 Å². The van der Waals surface area contributed by atoms with Crippen LogP contribution in [-0.2, 0) is 10.0 Å². The molecule has 0 heterocycles. The van der Waals surface area contributed by atoms with Crippen LogP contribution in [-0.4, -0.2) is 26.0 Å². The van der Waals surface area contributed by atoms with Crippen LogP contribution in [0.2, 0.25) is 0 Å². The minimum absolute atomic E-state index is 0.0662. The zero-order valence-electron chi connectivity index (χ0n) is 10.3. The fourth-order valence-corrected chi connectivity index (χ4v) is 3.37. The number of thioether (sulfide) groups is 1. The second-order valence-corrected chi connectivity index (χ2v) is 6.90. The highest BCUT2D eigenvalue weighted by molar-refractivity contribution is 7.99. The van der Waals surface area contributed by atoms with Gasteiger partial charge < -0.3 is 5.73 Å². The van der Waals surface area contributed by atoms with E-state index < -0.39 is 15.8 Å². The number of sulfonamides is 1. The quantitative estimate of drug-likeness (QED) is 0.785. The topological polar surface area (TPSA) is 72.2 Å². The second-order valence-electron chi connectivity index (χ2n) is 3.87. The first-order valence-electron chi connectivity index (χ1n) is 5.52. The van der Waals surface area contributed by atoms with Gasteiger partial charge in [0, 0.05) is 11.8 Å². The van der Waals surface area contributed by atoms with Crippen LogP contribution in [0.1, 0.15) is 13.8 Å². The first-order chi connectivity index (χ1) is 8.36. The lowest BCUT2D eigenvalue weighted by atomic mass is 10.3. The van der Waals surface area contributed by atoms with Gasteiger partial charge in [-0.05, 0) is 30.9 Å². The van der Waals surface area contributed by atoms with Crippen molar-refractivity contribution in [2.75, 3.05) is 17.2 Å². The number of benzene rings is 1. The fraction of sp³-hybridized carbons (Fsp3) is 0.455. The van der Waals surface area contributed by atoms with Crippen molar-refractivity contribution in [2.24, 2.45) is 0 Å². The summed E-state index contributed by atoms with van der Waals surface area (Å²) in [5, 5.41) is 0. The van der Waals surface area contributed by atoms with Crippen LogP contribution >= 0.6 is 11.8 Å². The molecule has 18 heavy (non-hydrogen) atoms. The SMILES string of the molecule is CCSCC(C)NS(=O)(=O)c1ccc(N)c(F)c1. The van der Waals surface area contributed by atoms with Crippen molar-refractivity contribution in [1.82, 2.24) is 4.72 Å². The molecule has 1 aromatic rings. The number of rotatable bonds is 6. The summed E-state index contributed by atoms with van der Waals surface area (Å²) >= 11 is 1.64. The predicted molar refractivity (Wildman–Crippen MR) is 73.6 cm³/mol. The molecule has 1 atom stereocenters. The van der Waals surface area contributed by atoms with Gasteiger partial charge in [0.1, 0.15) is 5.82 Å². The molecule has 1 unspecified atom stereocenters. The number of hydrogen-bond donors (Lipinski definition) is 2. The number of nitrogen functional groups attached to an aromatic ring is 1. The van der Waals surface area contributed by atoms with E-state index in [0.717, 1.165) is 11.8 Å². The Labute approximate surface area is 111 Å². The van der Waals surface area contributed by atoms with Crippen LogP contribution in [0.25, 0.3) is 0 Å². The first kappa shape index (κ1) is 15.3. The molecule has 0 amide bonds. The molecule has 1 rings (SSSR count). The molecule has 0 aliphatic rings. The Bertz CT molecular complexity index is 506. The van der Waals surface area contributed by atoms with Gasteiger partial charge in [-0.25, -0.2) is 17.5 Å². The molecule has 7 heteroatoms. The highest BCUT2D eigenvalue weighted by Gasteiger charge is 2.18. The molecule has 102 valence electrons. The molecule has 0 saturated carbocycles. The van der Waals surface area contributed by atoms with Gasteiger partial charge in [-0.3, -0.25) is 0 Å². The smallest absolute Gasteiger partial charge is 0.240 e. The van der Waals surface area contributed by atoms with Crippen LogP contribution in [0.3, 0.4) is 0 Å². The van der Waals surface area contributed by atoms with Crippen molar-refractivity contribution < 1.29 is 12.8 Å². The van der Waals surface area contributed by atoms with E-state index in [9.17, 15) is 12.8 Å². The maximum atomic E-state index is 13.2. The molecular weight excluding hydrogens is 275 g/mol. The largest absolute Gasteiger partial charge is 0.396 e. The Kier molecular flexibility index (Phi) is 5.43. The molecule has 0 aromatic heterocycles. The summed E-state index contributed by atoms with van der Waals surface area (Å²) in [7, 11) is -3.69. The Balaban J connectivity index is 2.83. The van der Waals surface area contributed by atoms with E-state index in [0.29, 0.717) is 5.75 Å². The fourth-order valence-electron chi connectivity index (χ4n) is 1.34. The molecule has 4 nitrogen and oxygen atoms in total. The Morgan fingerprint density at radius 3 is 2.72 bits per heavy atom. The standard InChI is InChI=1S/C11H17FN2O2S2/c1-3-17-7-8(2)14-18(15,16)9-4-5-11(13)10(12)6-9/h4-6,8,14H,3,7,13H2,1-2H3. The highest BCUT2D eigenvalue weighted by atomic mass is 32.2. The van der Waals surface area contributed by atoms with Crippen LogP contribution in [0.15, 0.2) is 23.1 Å². The lowest BCUT2D eigenvalue weighted by Crippen LogP contribution is -2.34. The zero-order chi connectivity index (χ0) is 13.8. The average molecular weight is 292 g/mol. The van der Waals surface area contributed by atoms with Crippen molar-refractivity contribution in [1.29, 1.82) is 0 Å². The molecule has 0 radical (unpaired) electrons. The summed E-state index contributed by atoms with van der Waals surface area (Å²) in [4.78, 5) is -0.109. The van der Waals surface area contributed by atoms with Crippen molar-refractivity contribution in [3.63, 3.8) is 0 Å². The van der Waals surface area contributed by atoms with Crippen molar-refractivity contribution in [2.45, 2.75) is 24.8 Å². The summed E-state index contributed by atoms with van der Waals surface area (Å²) < 4.78 is 39.6. The van der Waals surface area contributed by atoms with Gasteiger partial charge >= 0.3 is 0 Å². The third-order valence-electron chi connectivity index (χ3n) is 2.21. The molecule has 0 aliphatic carbocycles. The number of anilines is 1. The molecule has 3 N–H and O–H groups in total. The lowest BCUT2D eigenvalue weighted by molar-refractivity contribution is 0.568. The summed E-state index contributed by atoms with van der Waals surface area (Å²) in [5.41, 5.74) is 5.24. The van der Waals surface area contributed by atoms with Gasteiger partial charge in [-0.15, -0.1) is 0 Å². The molecule has 0 aliphatic heterocycles. The van der Waals surface area contributed by atoms with E-state index in [4.69, 9.17) is 5.73 Å². The number of halogens is 1. The number of hydrogen-bond acceptors (Lipinski definition) is 4. The Hall–Kier alpha value is -0.790. The summed E-state index contributed by atoms with van der Waals surface area (Å²) in [6.45, 7) is 3.77. The normalized spacial score (nSPS) is 13.5. The maximum absolute atomic E-state index is 13.2. The zero-order valence-corrected chi connectivity index (χ0v) is 11.9. The van der Waals surface area contributed by atoms with E-state index in [1.807, 2.05) is 6.92 Å². The predicted octanol–water partition coefficient (Wildman–Crippen LogP) is 1.83. The third kappa shape index (κ3) is 4.15. The minimum atomic E-state index is -3.69. The van der Waals surface area contributed by atoms with Gasteiger partial charge in [0.15, 0.2) is 0 Å². The molecular formula is C11H17FN2O2S2. The van der Waals surface area contributed by atoms with Crippen LogP contribution in [0, 0.1) is 5.82 Å². The molecule has 0 fully saturated rings. The average Bonchev–Trinajstić information content (AvgIpc) is 2.29. The van der Waals surface area contributed by atoms with E-state index in [2.05, 4.69) is 4.72 Å². The van der Waals surface area contributed by atoms with Crippen molar-refractivity contribution in [3.05, 3.63) is 24.0 Å². The monoisotopic (exact) mass is 292 g/mol. The van der Waals surface area contributed by atoms with E-state index in [1.54, 1.807) is 18.7 Å². The number of nitrogens with one attached hydrogen (secondary N) is 1. The van der Waals surface area contributed by atoms with Gasteiger partial charge in [0.05, 0.1) is 10.6 Å². The lowest BCUT2D eigenvalue weighted by Gasteiger charge is -2.13. The van der Waals surface area contributed by atoms with E-state index in [1.165, 1.54) is 12.1 Å². The van der Waals surface area contributed by atoms with Crippen LogP contribution < -0.4 is 10.5 Å².